The zero-order valence-corrected chi connectivity index (χ0v) is 14.9. The Kier molecular flexibility index (Phi) is 4.01. The van der Waals surface area contributed by atoms with Gasteiger partial charge in [-0.2, -0.15) is 5.10 Å². The third kappa shape index (κ3) is 3.03. The summed E-state index contributed by atoms with van der Waals surface area (Å²) < 4.78 is 4.06. The Bertz CT molecular complexity index is 1050. The van der Waals surface area contributed by atoms with E-state index in [1.54, 1.807) is 0 Å². The van der Waals surface area contributed by atoms with Crippen LogP contribution in [-0.4, -0.2) is 24.3 Å². The second kappa shape index (κ2) is 6.33. The monoisotopic (exact) mass is 351 g/mol. The molecule has 0 N–H and O–H groups in total. The Morgan fingerprint density at radius 2 is 2.04 bits per heavy atom. The minimum absolute atomic E-state index is 0.715. The normalized spacial score (nSPS) is 11.3. The van der Waals surface area contributed by atoms with Crippen molar-refractivity contribution in [2.45, 2.75) is 26.9 Å². The molecule has 25 heavy (non-hydrogen) atoms. The number of hydrogen-bond acceptors (Lipinski definition) is 3. The molecule has 1 aromatic carbocycles. The van der Waals surface area contributed by atoms with Gasteiger partial charge in [0.15, 0.2) is 5.82 Å². The van der Waals surface area contributed by atoms with E-state index in [0.717, 1.165) is 41.2 Å². The Labute approximate surface area is 150 Å². The van der Waals surface area contributed by atoms with E-state index in [2.05, 4.69) is 27.8 Å². The first-order valence-electron chi connectivity index (χ1n) is 8.25. The molecule has 0 atom stereocenters. The fourth-order valence-corrected chi connectivity index (χ4v) is 3.13. The van der Waals surface area contributed by atoms with Gasteiger partial charge in [0.1, 0.15) is 5.69 Å². The number of benzene rings is 1. The molecule has 3 heterocycles. The number of fused-ring (bicyclic) bond motifs is 1. The first-order chi connectivity index (χ1) is 12.1. The van der Waals surface area contributed by atoms with Gasteiger partial charge in [-0.25, -0.2) is 9.97 Å². The van der Waals surface area contributed by atoms with Gasteiger partial charge in [-0.1, -0.05) is 17.7 Å². The summed E-state index contributed by atoms with van der Waals surface area (Å²) in [4.78, 5) is 9.25. The zero-order chi connectivity index (χ0) is 17.4. The Hall–Kier alpha value is -2.66. The molecular weight excluding hydrogens is 334 g/mol. The number of aromatic nitrogens is 5. The maximum absolute atomic E-state index is 6.05. The Morgan fingerprint density at radius 3 is 2.84 bits per heavy atom. The average Bonchev–Trinajstić information content (AvgIpc) is 3.21. The van der Waals surface area contributed by atoms with E-state index in [4.69, 9.17) is 16.6 Å². The van der Waals surface area contributed by atoms with Gasteiger partial charge in [-0.05, 0) is 38.1 Å². The molecule has 0 aliphatic rings. The summed E-state index contributed by atoms with van der Waals surface area (Å²) in [7, 11) is 0. The van der Waals surface area contributed by atoms with Crippen molar-refractivity contribution in [1.82, 2.24) is 24.3 Å². The van der Waals surface area contributed by atoms with E-state index in [9.17, 15) is 0 Å². The van der Waals surface area contributed by atoms with Crippen LogP contribution in [0.1, 0.15) is 18.2 Å². The maximum Gasteiger partial charge on any atom is 0.158 e. The highest BCUT2D eigenvalue weighted by atomic mass is 35.5. The highest BCUT2D eigenvalue weighted by Gasteiger charge is 2.11. The van der Waals surface area contributed by atoms with E-state index < -0.39 is 0 Å². The van der Waals surface area contributed by atoms with Crippen molar-refractivity contribution >= 4 is 22.5 Å². The SMILES string of the molecule is CCn1cc(Cn2ccnc2-c2ccc3cc(Cl)ccc3n2)c(C)n1. The van der Waals surface area contributed by atoms with Crippen molar-refractivity contribution in [1.29, 1.82) is 0 Å². The predicted octanol–water partition coefficient (Wildman–Crippen LogP) is 4.32. The van der Waals surface area contributed by atoms with Crippen molar-refractivity contribution in [2.75, 3.05) is 0 Å². The third-order valence-corrected chi connectivity index (χ3v) is 4.54. The van der Waals surface area contributed by atoms with Crippen LogP contribution in [0.4, 0.5) is 0 Å². The molecule has 0 bridgehead atoms. The molecule has 0 aliphatic heterocycles. The molecule has 0 fully saturated rings. The lowest BCUT2D eigenvalue weighted by Crippen LogP contribution is -2.02. The molecule has 4 rings (SSSR count). The quantitative estimate of drug-likeness (QED) is 0.550. The zero-order valence-electron chi connectivity index (χ0n) is 14.1. The molecule has 4 aromatic rings. The molecule has 0 unspecified atom stereocenters. The second-order valence-corrected chi connectivity index (χ2v) is 6.44. The van der Waals surface area contributed by atoms with Crippen molar-refractivity contribution < 1.29 is 0 Å². The second-order valence-electron chi connectivity index (χ2n) is 6.01. The minimum atomic E-state index is 0.715. The fourth-order valence-electron chi connectivity index (χ4n) is 2.95. The van der Waals surface area contributed by atoms with E-state index in [0.29, 0.717) is 5.02 Å². The summed E-state index contributed by atoms with van der Waals surface area (Å²) in [6, 6.07) is 9.73. The van der Waals surface area contributed by atoms with Crippen LogP contribution in [0.2, 0.25) is 5.02 Å². The number of pyridine rings is 1. The fraction of sp³-hybridized carbons (Fsp3) is 0.211. The van der Waals surface area contributed by atoms with Gasteiger partial charge < -0.3 is 4.57 Å². The highest BCUT2D eigenvalue weighted by molar-refractivity contribution is 6.31. The van der Waals surface area contributed by atoms with E-state index >= 15 is 0 Å². The summed E-state index contributed by atoms with van der Waals surface area (Å²) in [5.74, 6) is 0.848. The minimum Gasteiger partial charge on any atom is -0.325 e. The molecule has 3 aromatic heterocycles. The van der Waals surface area contributed by atoms with Crippen LogP contribution in [-0.2, 0) is 13.1 Å². The lowest BCUT2D eigenvalue weighted by Gasteiger charge is -2.08. The number of hydrogen-bond donors (Lipinski definition) is 0. The number of imidazole rings is 1. The van der Waals surface area contributed by atoms with E-state index in [-0.39, 0.29) is 0 Å². The summed E-state index contributed by atoms with van der Waals surface area (Å²) in [5, 5.41) is 6.25. The van der Waals surface area contributed by atoms with Gasteiger partial charge >= 0.3 is 0 Å². The largest absolute Gasteiger partial charge is 0.325 e. The van der Waals surface area contributed by atoms with Crippen LogP contribution in [0.3, 0.4) is 0 Å². The van der Waals surface area contributed by atoms with Gasteiger partial charge in [0, 0.05) is 41.1 Å². The van der Waals surface area contributed by atoms with Gasteiger partial charge in [-0.3, -0.25) is 4.68 Å². The standard InChI is InChI=1S/C19H18ClN5/c1-3-25-12-15(13(2)23-25)11-24-9-8-21-19(24)18-6-4-14-10-16(20)5-7-17(14)22-18/h4-10,12H,3,11H2,1-2H3. The summed E-state index contributed by atoms with van der Waals surface area (Å²) in [6.45, 7) is 5.72. The smallest absolute Gasteiger partial charge is 0.158 e. The van der Waals surface area contributed by atoms with Crippen LogP contribution in [0.5, 0.6) is 0 Å². The molecule has 0 aliphatic carbocycles. The van der Waals surface area contributed by atoms with Crippen LogP contribution >= 0.6 is 11.6 Å². The van der Waals surface area contributed by atoms with Crippen LogP contribution in [0.15, 0.2) is 48.9 Å². The number of nitrogens with zero attached hydrogens (tertiary/aromatic N) is 5. The maximum atomic E-state index is 6.05. The number of rotatable bonds is 4. The highest BCUT2D eigenvalue weighted by Crippen LogP contribution is 2.23. The molecule has 0 saturated carbocycles. The van der Waals surface area contributed by atoms with Crippen molar-refractivity contribution in [2.24, 2.45) is 0 Å². The van der Waals surface area contributed by atoms with E-state index in [1.807, 2.05) is 54.3 Å². The Morgan fingerprint density at radius 1 is 1.16 bits per heavy atom. The number of halogens is 1. The van der Waals surface area contributed by atoms with E-state index in [1.165, 1.54) is 5.56 Å². The van der Waals surface area contributed by atoms with Crippen molar-refractivity contribution in [3.63, 3.8) is 0 Å². The molecule has 0 amide bonds. The van der Waals surface area contributed by atoms with Gasteiger partial charge in [0.2, 0.25) is 0 Å². The molecule has 6 heteroatoms. The lowest BCUT2D eigenvalue weighted by molar-refractivity contribution is 0.653. The van der Waals surface area contributed by atoms with Crippen LogP contribution < -0.4 is 0 Å². The third-order valence-electron chi connectivity index (χ3n) is 4.31. The van der Waals surface area contributed by atoms with Gasteiger partial charge in [-0.15, -0.1) is 0 Å². The predicted molar refractivity (Wildman–Crippen MR) is 99.7 cm³/mol. The molecule has 0 saturated heterocycles. The molecule has 0 spiro atoms. The van der Waals surface area contributed by atoms with Crippen LogP contribution in [0, 0.1) is 6.92 Å². The summed E-state index contributed by atoms with van der Waals surface area (Å²) in [5.41, 5.74) is 3.99. The molecule has 0 radical (unpaired) electrons. The van der Waals surface area contributed by atoms with Gasteiger partial charge in [0.05, 0.1) is 17.8 Å². The Balaban J connectivity index is 1.71. The lowest BCUT2D eigenvalue weighted by atomic mass is 10.2. The average molecular weight is 352 g/mol. The molecule has 5 nitrogen and oxygen atoms in total. The summed E-state index contributed by atoms with van der Waals surface area (Å²) in [6.07, 6.45) is 5.88. The molecule has 126 valence electrons. The first-order valence-corrected chi connectivity index (χ1v) is 8.62. The molecular formula is C19H18ClN5. The number of aryl methyl sites for hydroxylation is 2. The van der Waals surface area contributed by atoms with Crippen molar-refractivity contribution in [3.05, 3.63) is 65.2 Å². The first kappa shape index (κ1) is 15.8. The van der Waals surface area contributed by atoms with Crippen molar-refractivity contribution in [3.8, 4) is 11.5 Å². The van der Waals surface area contributed by atoms with Crippen LogP contribution in [0.25, 0.3) is 22.4 Å². The summed E-state index contributed by atoms with van der Waals surface area (Å²) >= 11 is 6.05. The van der Waals surface area contributed by atoms with Gasteiger partial charge in [0.25, 0.3) is 0 Å². The topological polar surface area (TPSA) is 48.5 Å².